The number of nitrogens with zero attached hydrogens (tertiary/aromatic N) is 3. The number of amides is 2. The Morgan fingerprint density at radius 1 is 1.10 bits per heavy atom. The van der Waals surface area contributed by atoms with Crippen molar-refractivity contribution in [3.05, 3.63) is 60.2 Å². The predicted octanol–water partition coefficient (Wildman–Crippen LogP) is 4.55. The number of carbonyl (C=O) groups excluding carboxylic acids is 2. The fraction of sp³-hybridized carbons (Fsp3) is 0.238. The number of hydrogen-bond donors (Lipinski definition) is 2. The minimum atomic E-state index is -0.127. The first-order valence-corrected chi connectivity index (χ1v) is 11.1. The van der Waals surface area contributed by atoms with E-state index in [4.69, 9.17) is 0 Å². The summed E-state index contributed by atoms with van der Waals surface area (Å²) in [5, 5.41) is 14.8. The lowest BCUT2D eigenvalue weighted by Gasteiger charge is -2.25. The van der Waals surface area contributed by atoms with E-state index in [0.717, 1.165) is 11.3 Å². The van der Waals surface area contributed by atoms with Gasteiger partial charge in [0, 0.05) is 25.3 Å². The molecule has 0 spiro atoms. The minimum Gasteiger partial charge on any atom is -0.338 e. The van der Waals surface area contributed by atoms with E-state index in [1.807, 2.05) is 68.6 Å². The summed E-state index contributed by atoms with van der Waals surface area (Å²) in [7, 11) is 1.82. The molecule has 1 heterocycles. The molecule has 30 heavy (non-hydrogen) atoms. The number of thioether (sulfide) groups is 1. The molecule has 0 fully saturated rings. The summed E-state index contributed by atoms with van der Waals surface area (Å²) in [5.74, 6) is 0.197. The quantitative estimate of drug-likeness (QED) is 0.499. The first-order valence-electron chi connectivity index (χ1n) is 9.34. The van der Waals surface area contributed by atoms with Crippen molar-refractivity contribution in [1.29, 1.82) is 0 Å². The van der Waals surface area contributed by atoms with Crippen LogP contribution >= 0.6 is 23.1 Å². The second kappa shape index (κ2) is 10.2. The van der Waals surface area contributed by atoms with Crippen LogP contribution < -0.4 is 10.6 Å². The highest BCUT2D eigenvalue weighted by molar-refractivity contribution is 8.01. The van der Waals surface area contributed by atoms with Crippen molar-refractivity contribution in [3.8, 4) is 0 Å². The molecule has 156 valence electrons. The van der Waals surface area contributed by atoms with Crippen LogP contribution in [0.15, 0.2) is 58.9 Å². The van der Waals surface area contributed by atoms with Crippen molar-refractivity contribution in [2.75, 3.05) is 23.4 Å². The maximum Gasteiger partial charge on any atom is 0.233 e. The molecule has 0 radical (unpaired) electrons. The summed E-state index contributed by atoms with van der Waals surface area (Å²) in [4.78, 5) is 25.5. The fourth-order valence-electron chi connectivity index (χ4n) is 2.72. The molecule has 2 aromatic carbocycles. The van der Waals surface area contributed by atoms with E-state index in [9.17, 15) is 9.59 Å². The second-order valence-corrected chi connectivity index (χ2v) is 8.84. The molecule has 0 bridgehead atoms. The van der Waals surface area contributed by atoms with E-state index in [1.54, 1.807) is 4.90 Å². The zero-order valence-corrected chi connectivity index (χ0v) is 18.6. The highest BCUT2D eigenvalue weighted by Gasteiger charge is 2.18. The zero-order valence-electron chi connectivity index (χ0n) is 17.0. The summed E-state index contributed by atoms with van der Waals surface area (Å²) < 4.78 is 0.713. The standard InChI is InChI=1S/C21H23N5O2S2/c1-14(16-8-5-4-6-9-16)26(3)19(28)13-29-21-25-24-20(30-21)23-18-11-7-10-17(12-18)22-15(2)27/h4-12,14H,13H2,1-3H3,(H,22,27)(H,23,24). The summed E-state index contributed by atoms with van der Waals surface area (Å²) in [6.07, 6.45) is 0. The Morgan fingerprint density at radius 3 is 2.57 bits per heavy atom. The lowest BCUT2D eigenvalue weighted by atomic mass is 10.1. The number of benzene rings is 2. The van der Waals surface area contributed by atoms with Crippen LogP contribution in [0.5, 0.6) is 0 Å². The van der Waals surface area contributed by atoms with Crippen LogP contribution in [-0.2, 0) is 9.59 Å². The van der Waals surface area contributed by atoms with Gasteiger partial charge in [-0.2, -0.15) is 0 Å². The average Bonchev–Trinajstić information content (AvgIpc) is 3.18. The molecule has 3 aromatic rings. The molecule has 3 rings (SSSR count). The predicted molar refractivity (Wildman–Crippen MR) is 122 cm³/mol. The van der Waals surface area contributed by atoms with E-state index in [-0.39, 0.29) is 17.9 Å². The van der Waals surface area contributed by atoms with Gasteiger partial charge >= 0.3 is 0 Å². The topological polar surface area (TPSA) is 87.2 Å². The van der Waals surface area contributed by atoms with Crippen molar-refractivity contribution in [2.24, 2.45) is 0 Å². The molecule has 2 N–H and O–H groups in total. The van der Waals surface area contributed by atoms with Crippen LogP contribution in [0.3, 0.4) is 0 Å². The third kappa shape index (κ3) is 6.04. The fourth-order valence-corrected chi connectivity index (χ4v) is 4.41. The molecular formula is C21H23N5O2S2. The number of anilines is 3. The van der Waals surface area contributed by atoms with Gasteiger partial charge in [0.05, 0.1) is 11.8 Å². The molecule has 0 saturated carbocycles. The van der Waals surface area contributed by atoms with E-state index in [1.165, 1.54) is 30.0 Å². The largest absolute Gasteiger partial charge is 0.338 e. The molecular weight excluding hydrogens is 418 g/mol. The lowest BCUT2D eigenvalue weighted by Crippen LogP contribution is -2.31. The number of nitrogens with one attached hydrogen (secondary N) is 2. The Morgan fingerprint density at radius 2 is 1.83 bits per heavy atom. The molecule has 0 aliphatic carbocycles. The Labute approximate surface area is 183 Å². The van der Waals surface area contributed by atoms with Gasteiger partial charge in [0.2, 0.25) is 16.9 Å². The Bertz CT molecular complexity index is 1010. The van der Waals surface area contributed by atoms with Gasteiger partial charge in [0.25, 0.3) is 0 Å². The van der Waals surface area contributed by atoms with Crippen molar-refractivity contribution in [3.63, 3.8) is 0 Å². The Hall–Kier alpha value is -2.91. The Balaban J connectivity index is 1.54. The highest BCUT2D eigenvalue weighted by atomic mass is 32.2. The van der Waals surface area contributed by atoms with Gasteiger partial charge in [-0.1, -0.05) is 59.5 Å². The van der Waals surface area contributed by atoms with Gasteiger partial charge in [0.15, 0.2) is 4.34 Å². The van der Waals surface area contributed by atoms with Crippen molar-refractivity contribution in [1.82, 2.24) is 15.1 Å². The maximum absolute atomic E-state index is 12.6. The lowest BCUT2D eigenvalue weighted by molar-refractivity contribution is -0.129. The maximum atomic E-state index is 12.6. The Kier molecular flexibility index (Phi) is 7.42. The van der Waals surface area contributed by atoms with Gasteiger partial charge in [-0.15, -0.1) is 10.2 Å². The molecule has 1 unspecified atom stereocenters. The summed E-state index contributed by atoms with van der Waals surface area (Å²) in [6.45, 7) is 3.48. The number of carbonyl (C=O) groups is 2. The van der Waals surface area contributed by atoms with Crippen molar-refractivity contribution >= 4 is 51.4 Å². The van der Waals surface area contributed by atoms with Crippen LogP contribution in [0, 0.1) is 0 Å². The zero-order chi connectivity index (χ0) is 21.5. The van der Waals surface area contributed by atoms with E-state index < -0.39 is 0 Å². The molecule has 1 atom stereocenters. The smallest absolute Gasteiger partial charge is 0.233 e. The number of hydrogen-bond acceptors (Lipinski definition) is 7. The molecule has 0 aliphatic heterocycles. The molecule has 1 aromatic heterocycles. The van der Waals surface area contributed by atoms with Crippen LogP contribution in [-0.4, -0.2) is 39.7 Å². The van der Waals surface area contributed by atoms with Crippen molar-refractivity contribution in [2.45, 2.75) is 24.2 Å². The summed E-state index contributed by atoms with van der Waals surface area (Å²) >= 11 is 2.75. The third-order valence-corrected chi connectivity index (χ3v) is 6.37. The third-order valence-electron chi connectivity index (χ3n) is 4.42. The van der Waals surface area contributed by atoms with Crippen LogP contribution in [0.1, 0.15) is 25.5 Å². The van der Waals surface area contributed by atoms with Crippen molar-refractivity contribution < 1.29 is 9.59 Å². The molecule has 0 aliphatic rings. The van der Waals surface area contributed by atoms with E-state index >= 15 is 0 Å². The minimum absolute atomic E-state index is 0.00170. The molecule has 7 nitrogen and oxygen atoms in total. The second-order valence-electron chi connectivity index (χ2n) is 6.64. The number of rotatable bonds is 8. The average molecular weight is 442 g/mol. The number of aromatic nitrogens is 2. The monoisotopic (exact) mass is 441 g/mol. The van der Waals surface area contributed by atoms with Gasteiger partial charge in [-0.3, -0.25) is 9.59 Å². The first kappa shape index (κ1) is 21.8. The molecule has 2 amide bonds. The van der Waals surface area contributed by atoms with Gasteiger partial charge < -0.3 is 15.5 Å². The van der Waals surface area contributed by atoms with E-state index in [2.05, 4.69) is 20.8 Å². The van der Waals surface area contributed by atoms with Gasteiger partial charge in [-0.05, 0) is 30.7 Å². The normalized spacial score (nSPS) is 11.6. The molecule has 9 heteroatoms. The van der Waals surface area contributed by atoms with E-state index in [0.29, 0.717) is 20.9 Å². The summed E-state index contributed by atoms with van der Waals surface area (Å²) in [5.41, 5.74) is 2.59. The first-order chi connectivity index (χ1) is 14.4. The van der Waals surface area contributed by atoms with Gasteiger partial charge in [-0.25, -0.2) is 0 Å². The highest BCUT2D eigenvalue weighted by Crippen LogP contribution is 2.29. The molecule has 0 saturated heterocycles. The SMILES string of the molecule is CC(=O)Nc1cccc(Nc2nnc(SCC(=O)N(C)C(C)c3ccccc3)s2)c1. The van der Waals surface area contributed by atoms with Crippen LogP contribution in [0.25, 0.3) is 0 Å². The van der Waals surface area contributed by atoms with Gasteiger partial charge in [0.1, 0.15) is 0 Å². The van der Waals surface area contributed by atoms with Crippen LogP contribution in [0.2, 0.25) is 0 Å². The summed E-state index contributed by atoms with van der Waals surface area (Å²) in [6, 6.07) is 17.3. The van der Waals surface area contributed by atoms with Crippen LogP contribution in [0.4, 0.5) is 16.5 Å².